The molecule has 0 fully saturated rings. The molecule has 0 saturated carbocycles. The smallest absolute Gasteiger partial charge is 0.490 e. The molecule has 20 heavy (non-hydrogen) atoms. The van der Waals surface area contributed by atoms with E-state index < -0.39 is 18.9 Å². The molecule has 1 N–H and O–H groups in total. The molecular weight excluding hydrogens is 301 g/mol. The van der Waals surface area contributed by atoms with E-state index in [-0.39, 0.29) is 17.4 Å². The summed E-state index contributed by atoms with van der Waals surface area (Å²) in [6.45, 7) is -0.968. The number of halogens is 4. The van der Waals surface area contributed by atoms with E-state index in [1.165, 1.54) is 24.3 Å². The molecule has 110 valence electrons. The van der Waals surface area contributed by atoms with E-state index in [1.807, 2.05) is 0 Å². The highest BCUT2D eigenvalue weighted by molar-refractivity contribution is 6.32. The maximum Gasteiger partial charge on any atom is 0.522 e. The molecule has 0 saturated heterocycles. The van der Waals surface area contributed by atoms with E-state index in [9.17, 15) is 18.0 Å². The van der Waals surface area contributed by atoms with Gasteiger partial charge in [0.05, 0.1) is 11.6 Å². The van der Waals surface area contributed by atoms with Gasteiger partial charge in [0.25, 0.3) is 0 Å². The normalized spacial score (nSPS) is 11.8. The number of carboxylic acids is 1. The minimum atomic E-state index is -4.70. The Balaban J connectivity index is 2.54. The van der Waals surface area contributed by atoms with Crippen molar-refractivity contribution in [2.24, 2.45) is 0 Å². The zero-order valence-electron chi connectivity index (χ0n) is 9.98. The van der Waals surface area contributed by atoms with Gasteiger partial charge < -0.3 is 9.84 Å². The summed E-state index contributed by atoms with van der Waals surface area (Å²) in [6, 6.07) is 4.38. The third kappa shape index (κ3) is 6.44. The summed E-state index contributed by atoms with van der Waals surface area (Å²) in [4.78, 5) is 10.3. The Morgan fingerprint density at radius 2 is 2.05 bits per heavy atom. The second-order valence-electron chi connectivity index (χ2n) is 3.50. The standard InChI is InChI=1S/C12H10ClF3O4/c13-9-7-8(2-4-11(17)18)1-3-10(9)19-5-6-20-12(14,15)16/h1-4,7H,5-6H2,(H,17,18). The molecule has 0 amide bonds. The molecule has 0 aliphatic carbocycles. The van der Waals surface area contributed by atoms with Crippen molar-refractivity contribution in [3.8, 4) is 5.75 Å². The van der Waals surface area contributed by atoms with Crippen molar-refractivity contribution in [1.29, 1.82) is 0 Å². The number of benzene rings is 1. The second-order valence-corrected chi connectivity index (χ2v) is 3.91. The molecule has 1 aromatic carbocycles. The summed E-state index contributed by atoms with van der Waals surface area (Å²) in [5, 5.41) is 8.61. The molecule has 0 aromatic heterocycles. The average molecular weight is 311 g/mol. The number of rotatable bonds is 6. The predicted molar refractivity (Wildman–Crippen MR) is 65.6 cm³/mol. The van der Waals surface area contributed by atoms with Crippen molar-refractivity contribution in [1.82, 2.24) is 0 Å². The van der Waals surface area contributed by atoms with Gasteiger partial charge in [0.15, 0.2) is 0 Å². The van der Waals surface area contributed by atoms with Crippen LogP contribution in [0.25, 0.3) is 6.08 Å². The van der Waals surface area contributed by atoms with E-state index >= 15 is 0 Å². The van der Waals surface area contributed by atoms with Gasteiger partial charge >= 0.3 is 12.3 Å². The quantitative estimate of drug-likeness (QED) is 0.646. The fourth-order valence-corrected chi connectivity index (χ4v) is 1.46. The largest absolute Gasteiger partial charge is 0.522 e. The Kier molecular flexibility index (Phi) is 5.84. The highest BCUT2D eigenvalue weighted by Gasteiger charge is 2.28. The monoisotopic (exact) mass is 310 g/mol. The van der Waals surface area contributed by atoms with Crippen molar-refractivity contribution in [2.45, 2.75) is 6.36 Å². The van der Waals surface area contributed by atoms with Crippen LogP contribution in [0.1, 0.15) is 5.56 Å². The molecule has 1 aromatic rings. The number of ether oxygens (including phenoxy) is 2. The first-order valence-corrected chi connectivity index (χ1v) is 5.70. The van der Waals surface area contributed by atoms with Crippen LogP contribution in [0.15, 0.2) is 24.3 Å². The summed E-state index contributed by atoms with van der Waals surface area (Å²) in [5.74, 6) is -0.921. The van der Waals surface area contributed by atoms with Crippen molar-refractivity contribution in [3.05, 3.63) is 34.9 Å². The third-order valence-corrected chi connectivity index (χ3v) is 2.28. The van der Waals surface area contributed by atoms with Gasteiger partial charge in [0, 0.05) is 6.08 Å². The lowest BCUT2D eigenvalue weighted by Crippen LogP contribution is -2.18. The van der Waals surface area contributed by atoms with Gasteiger partial charge in [-0.2, -0.15) is 0 Å². The Bertz CT molecular complexity index is 500. The van der Waals surface area contributed by atoms with Gasteiger partial charge in [-0.1, -0.05) is 17.7 Å². The van der Waals surface area contributed by atoms with Crippen LogP contribution in [0.4, 0.5) is 13.2 Å². The van der Waals surface area contributed by atoms with Gasteiger partial charge in [0.2, 0.25) is 0 Å². The van der Waals surface area contributed by atoms with Crippen LogP contribution in [0, 0.1) is 0 Å². The molecule has 0 heterocycles. The van der Waals surface area contributed by atoms with E-state index in [2.05, 4.69) is 4.74 Å². The van der Waals surface area contributed by atoms with Crippen LogP contribution in [0.2, 0.25) is 5.02 Å². The number of hydrogen-bond donors (Lipinski definition) is 1. The molecule has 0 atom stereocenters. The molecule has 0 bridgehead atoms. The van der Waals surface area contributed by atoms with Gasteiger partial charge in [-0.25, -0.2) is 4.79 Å². The van der Waals surface area contributed by atoms with Crippen molar-refractivity contribution >= 4 is 23.6 Å². The topological polar surface area (TPSA) is 55.8 Å². The zero-order chi connectivity index (χ0) is 15.2. The first kappa shape index (κ1) is 16.3. The van der Waals surface area contributed by atoms with Crippen LogP contribution in [0.5, 0.6) is 5.75 Å². The van der Waals surface area contributed by atoms with Gasteiger partial charge in [-0.3, -0.25) is 4.74 Å². The minimum Gasteiger partial charge on any atom is -0.490 e. The summed E-state index contributed by atoms with van der Waals surface area (Å²) < 4.78 is 43.7. The summed E-state index contributed by atoms with van der Waals surface area (Å²) in [5.41, 5.74) is 0.524. The lowest BCUT2D eigenvalue weighted by molar-refractivity contribution is -0.325. The highest BCUT2D eigenvalue weighted by atomic mass is 35.5. The summed E-state index contributed by atoms with van der Waals surface area (Å²) >= 11 is 5.84. The van der Waals surface area contributed by atoms with Crippen molar-refractivity contribution in [2.75, 3.05) is 13.2 Å². The van der Waals surface area contributed by atoms with Crippen LogP contribution < -0.4 is 4.74 Å². The number of carboxylic acid groups (broad SMARTS) is 1. The number of alkyl halides is 3. The highest BCUT2D eigenvalue weighted by Crippen LogP contribution is 2.26. The Labute approximate surface area is 117 Å². The van der Waals surface area contributed by atoms with E-state index in [0.717, 1.165) is 6.08 Å². The Hall–Kier alpha value is -1.73. The molecule has 1 rings (SSSR count). The molecule has 8 heteroatoms. The molecular formula is C12H10ClF3O4. The summed E-state index contributed by atoms with van der Waals surface area (Å²) in [6.07, 6.45) is -2.44. The number of carbonyl (C=O) groups is 1. The molecule has 0 aliphatic heterocycles. The second kappa shape index (κ2) is 7.16. The van der Waals surface area contributed by atoms with E-state index in [4.69, 9.17) is 21.4 Å². The molecule has 0 radical (unpaired) electrons. The lowest BCUT2D eigenvalue weighted by atomic mass is 10.2. The fourth-order valence-electron chi connectivity index (χ4n) is 1.21. The third-order valence-electron chi connectivity index (χ3n) is 1.98. The first-order valence-electron chi connectivity index (χ1n) is 5.32. The van der Waals surface area contributed by atoms with Crippen molar-refractivity contribution < 1.29 is 32.5 Å². The molecule has 0 aliphatic rings. The van der Waals surface area contributed by atoms with Gasteiger partial charge in [-0.05, 0) is 23.8 Å². The molecule has 0 unspecified atom stereocenters. The molecule has 4 nitrogen and oxygen atoms in total. The first-order chi connectivity index (χ1) is 9.28. The maximum absolute atomic E-state index is 11.7. The van der Waals surface area contributed by atoms with Crippen LogP contribution in [0.3, 0.4) is 0 Å². The van der Waals surface area contributed by atoms with Crippen LogP contribution in [-0.2, 0) is 9.53 Å². The number of aliphatic carboxylic acids is 1. The van der Waals surface area contributed by atoms with Gasteiger partial charge in [0.1, 0.15) is 12.4 Å². The minimum absolute atomic E-state index is 0.157. The van der Waals surface area contributed by atoms with Crippen LogP contribution in [-0.4, -0.2) is 30.7 Å². The predicted octanol–water partition coefficient (Wildman–Crippen LogP) is 3.35. The van der Waals surface area contributed by atoms with E-state index in [1.54, 1.807) is 0 Å². The fraction of sp³-hybridized carbons (Fsp3) is 0.250. The Morgan fingerprint density at radius 3 is 2.60 bits per heavy atom. The number of hydrogen-bond acceptors (Lipinski definition) is 3. The molecule has 0 spiro atoms. The lowest BCUT2D eigenvalue weighted by Gasteiger charge is -2.10. The average Bonchev–Trinajstić information content (AvgIpc) is 2.32. The van der Waals surface area contributed by atoms with Gasteiger partial charge in [-0.15, -0.1) is 13.2 Å². The van der Waals surface area contributed by atoms with Crippen LogP contribution >= 0.6 is 11.6 Å². The Morgan fingerprint density at radius 1 is 1.35 bits per heavy atom. The zero-order valence-corrected chi connectivity index (χ0v) is 10.7. The SMILES string of the molecule is O=C(O)C=Cc1ccc(OCCOC(F)(F)F)c(Cl)c1. The maximum atomic E-state index is 11.7. The van der Waals surface area contributed by atoms with E-state index in [0.29, 0.717) is 5.56 Å². The van der Waals surface area contributed by atoms with Crippen molar-refractivity contribution in [3.63, 3.8) is 0 Å². The summed E-state index contributed by atoms with van der Waals surface area (Å²) in [7, 11) is 0.